The number of halogens is 1. The average molecular weight is 342 g/mol. The zero-order valence-corrected chi connectivity index (χ0v) is 14.8. The van der Waals surface area contributed by atoms with Crippen LogP contribution in [-0.2, 0) is 19.4 Å². The number of piperazine rings is 1. The molecule has 5 heteroatoms. The summed E-state index contributed by atoms with van der Waals surface area (Å²) in [6, 6.07) is 6.86. The third-order valence-corrected chi connectivity index (χ3v) is 5.52. The van der Waals surface area contributed by atoms with Crippen molar-refractivity contribution in [2.24, 2.45) is 0 Å². The lowest BCUT2D eigenvalue weighted by atomic mass is 10.1. The standard InChI is InChI=1S/C20H27FN4/c21-17-6-8-18(9-7-17)24-14-12-23(13-15-24)10-3-4-19-16-22-20-5-1-2-11-25(19)20/h6-9,16H,1-5,10-15H2. The van der Waals surface area contributed by atoms with Crippen LogP contribution in [0.4, 0.5) is 10.1 Å². The Labute approximate surface area is 149 Å². The molecule has 1 aromatic heterocycles. The Balaban J connectivity index is 1.23. The summed E-state index contributed by atoms with van der Waals surface area (Å²) in [5.41, 5.74) is 2.55. The Morgan fingerprint density at radius 1 is 0.960 bits per heavy atom. The van der Waals surface area contributed by atoms with Crippen LogP contribution in [0.2, 0.25) is 0 Å². The van der Waals surface area contributed by atoms with Gasteiger partial charge in [-0.1, -0.05) is 0 Å². The molecule has 0 aliphatic carbocycles. The molecular formula is C20H27FN4. The number of aromatic nitrogens is 2. The molecule has 1 saturated heterocycles. The van der Waals surface area contributed by atoms with Gasteiger partial charge in [0.25, 0.3) is 0 Å². The summed E-state index contributed by atoms with van der Waals surface area (Å²) in [5.74, 6) is 1.12. The van der Waals surface area contributed by atoms with Crippen LogP contribution in [0.3, 0.4) is 0 Å². The van der Waals surface area contributed by atoms with Crippen LogP contribution in [0.5, 0.6) is 0 Å². The van der Waals surface area contributed by atoms with Crippen LogP contribution in [0.25, 0.3) is 0 Å². The van der Waals surface area contributed by atoms with E-state index in [0.29, 0.717) is 0 Å². The van der Waals surface area contributed by atoms with Crippen molar-refractivity contribution >= 4 is 5.69 Å². The van der Waals surface area contributed by atoms with Crippen molar-refractivity contribution in [1.82, 2.24) is 14.5 Å². The first-order chi connectivity index (χ1) is 12.3. The molecule has 2 aliphatic heterocycles. The van der Waals surface area contributed by atoms with Gasteiger partial charge in [0.15, 0.2) is 0 Å². The molecule has 0 atom stereocenters. The van der Waals surface area contributed by atoms with Crippen LogP contribution < -0.4 is 4.90 Å². The third-order valence-electron chi connectivity index (χ3n) is 5.52. The first-order valence-corrected chi connectivity index (χ1v) is 9.56. The normalized spacial score (nSPS) is 18.4. The van der Waals surface area contributed by atoms with E-state index in [9.17, 15) is 4.39 Å². The minimum absolute atomic E-state index is 0.163. The second-order valence-corrected chi connectivity index (χ2v) is 7.18. The molecular weight excluding hydrogens is 315 g/mol. The fraction of sp³-hybridized carbons (Fsp3) is 0.550. The maximum atomic E-state index is 13.0. The first-order valence-electron chi connectivity index (χ1n) is 9.56. The number of nitrogens with zero attached hydrogens (tertiary/aromatic N) is 4. The monoisotopic (exact) mass is 342 g/mol. The van der Waals surface area contributed by atoms with E-state index >= 15 is 0 Å². The summed E-state index contributed by atoms with van der Waals surface area (Å²) in [6.07, 6.45) is 8.14. The Hall–Kier alpha value is -1.88. The maximum absolute atomic E-state index is 13.0. The zero-order chi connectivity index (χ0) is 17.1. The molecule has 4 nitrogen and oxygen atoms in total. The van der Waals surface area contributed by atoms with Gasteiger partial charge in [-0.2, -0.15) is 0 Å². The van der Waals surface area contributed by atoms with Gasteiger partial charge in [0.1, 0.15) is 11.6 Å². The van der Waals surface area contributed by atoms with E-state index in [1.165, 1.54) is 30.8 Å². The van der Waals surface area contributed by atoms with E-state index in [1.807, 2.05) is 12.1 Å². The summed E-state index contributed by atoms with van der Waals surface area (Å²) in [5, 5.41) is 0. The summed E-state index contributed by atoms with van der Waals surface area (Å²) >= 11 is 0. The molecule has 0 spiro atoms. The van der Waals surface area contributed by atoms with Gasteiger partial charge in [-0.15, -0.1) is 0 Å². The molecule has 0 radical (unpaired) electrons. The van der Waals surface area contributed by atoms with Gasteiger partial charge in [0, 0.05) is 56.7 Å². The van der Waals surface area contributed by atoms with Crippen LogP contribution in [-0.4, -0.2) is 47.2 Å². The molecule has 1 fully saturated rings. The summed E-state index contributed by atoms with van der Waals surface area (Å²) in [6.45, 7) is 6.52. The first kappa shape index (κ1) is 16.6. The lowest BCUT2D eigenvalue weighted by molar-refractivity contribution is 0.254. The molecule has 0 bridgehead atoms. The van der Waals surface area contributed by atoms with Crippen LogP contribution in [0, 0.1) is 5.82 Å². The van der Waals surface area contributed by atoms with Gasteiger partial charge >= 0.3 is 0 Å². The van der Waals surface area contributed by atoms with Gasteiger partial charge in [0.05, 0.1) is 0 Å². The summed E-state index contributed by atoms with van der Waals surface area (Å²) in [7, 11) is 0. The molecule has 2 aromatic rings. The molecule has 0 amide bonds. The van der Waals surface area contributed by atoms with E-state index in [2.05, 4.69) is 25.5 Å². The van der Waals surface area contributed by atoms with E-state index in [-0.39, 0.29) is 5.82 Å². The zero-order valence-electron chi connectivity index (χ0n) is 14.8. The SMILES string of the molecule is Fc1ccc(N2CCN(CCCc3cnc4n3CCCC4)CC2)cc1. The van der Waals surface area contributed by atoms with Gasteiger partial charge in [-0.25, -0.2) is 9.37 Å². The number of anilines is 1. The highest BCUT2D eigenvalue weighted by Crippen LogP contribution is 2.19. The van der Waals surface area contributed by atoms with Gasteiger partial charge in [-0.05, 0) is 56.5 Å². The topological polar surface area (TPSA) is 24.3 Å². The molecule has 0 N–H and O–H groups in total. The number of hydrogen-bond donors (Lipinski definition) is 0. The Bertz CT molecular complexity index is 686. The second-order valence-electron chi connectivity index (χ2n) is 7.18. The van der Waals surface area contributed by atoms with Gasteiger partial charge in [-0.3, -0.25) is 4.90 Å². The molecule has 3 heterocycles. The highest BCUT2D eigenvalue weighted by atomic mass is 19.1. The molecule has 0 saturated carbocycles. The number of imidazole rings is 1. The van der Waals surface area contributed by atoms with E-state index in [1.54, 1.807) is 12.1 Å². The fourth-order valence-electron chi connectivity index (χ4n) is 4.04. The van der Waals surface area contributed by atoms with Crippen LogP contribution >= 0.6 is 0 Å². The molecule has 2 aliphatic rings. The number of fused-ring (bicyclic) bond motifs is 1. The molecule has 1 aromatic carbocycles. The van der Waals surface area contributed by atoms with Crippen molar-refractivity contribution in [1.29, 1.82) is 0 Å². The molecule has 134 valence electrons. The van der Waals surface area contributed by atoms with Crippen LogP contribution in [0.1, 0.15) is 30.8 Å². The Kier molecular flexibility index (Phi) is 5.02. The summed E-state index contributed by atoms with van der Waals surface area (Å²) < 4.78 is 15.5. The fourth-order valence-corrected chi connectivity index (χ4v) is 4.04. The lowest BCUT2D eigenvalue weighted by Crippen LogP contribution is -2.46. The highest BCUT2D eigenvalue weighted by molar-refractivity contribution is 5.46. The summed E-state index contributed by atoms with van der Waals surface area (Å²) in [4.78, 5) is 9.49. The molecule has 4 rings (SSSR count). The molecule has 25 heavy (non-hydrogen) atoms. The maximum Gasteiger partial charge on any atom is 0.123 e. The van der Waals surface area contributed by atoms with Crippen LogP contribution in [0.15, 0.2) is 30.5 Å². The van der Waals surface area contributed by atoms with Gasteiger partial charge in [0.2, 0.25) is 0 Å². The second kappa shape index (κ2) is 7.56. The minimum atomic E-state index is -0.163. The van der Waals surface area contributed by atoms with Crippen molar-refractivity contribution < 1.29 is 4.39 Å². The number of aryl methyl sites for hydroxylation is 2. The van der Waals surface area contributed by atoms with E-state index in [4.69, 9.17) is 0 Å². The average Bonchev–Trinajstić information content (AvgIpc) is 3.06. The Morgan fingerprint density at radius 2 is 1.76 bits per heavy atom. The predicted octanol–water partition coefficient (Wildman–Crippen LogP) is 3.11. The minimum Gasteiger partial charge on any atom is -0.369 e. The van der Waals surface area contributed by atoms with Crippen molar-refractivity contribution in [2.75, 3.05) is 37.6 Å². The Morgan fingerprint density at radius 3 is 2.56 bits per heavy atom. The lowest BCUT2D eigenvalue weighted by Gasteiger charge is -2.36. The van der Waals surface area contributed by atoms with Crippen molar-refractivity contribution in [3.8, 4) is 0 Å². The van der Waals surface area contributed by atoms with Crippen molar-refractivity contribution in [3.63, 3.8) is 0 Å². The molecule has 0 unspecified atom stereocenters. The number of benzene rings is 1. The highest BCUT2D eigenvalue weighted by Gasteiger charge is 2.18. The third kappa shape index (κ3) is 3.87. The number of rotatable bonds is 5. The van der Waals surface area contributed by atoms with Gasteiger partial charge < -0.3 is 9.47 Å². The predicted molar refractivity (Wildman–Crippen MR) is 98.5 cm³/mol. The quantitative estimate of drug-likeness (QED) is 0.834. The van der Waals surface area contributed by atoms with E-state index in [0.717, 1.165) is 57.8 Å². The smallest absolute Gasteiger partial charge is 0.123 e. The number of hydrogen-bond acceptors (Lipinski definition) is 3. The van der Waals surface area contributed by atoms with Crippen molar-refractivity contribution in [3.05, 3.63) is 47.8 Å². The van der Waals surface area contributed by atoms with Crippen molar-refractivity contribution in [2.45, 2.75) is 38.6 Å². The largest absolute Gasteiger partial charge is 0.369 e. The van der Waals surface area contributed by atoms with E-state index < -0.39 is 0 Å².